The molecule has 0 aliphatic heterocycles. The maximum Gasteiger partial charge on any atom is 0.0782 e. The minimum Gasteiger partial charge on any atom is -0.328 e. The van der Waals surface area contributed by atoms with Crippen molar-refractivity contribution in [2.45, 2.75) is 206 Å². The number of hydrogen-bond acceptors (Lipinski definition) is 0. The third-order valence-electron chi connectivity index (χ3n) is 10.0. The third-order valence-corrected chi connectivity index (χ3v) is 10.0. The van der Waals surface area contributed by atoms with E-state index in [2.05, 4.69) is 42.0 Å². The zero-order chi connectivity index (χ0) is 31.0. The average Bonchev–Trinajstić information content (AvgIpc) is 2.95. The molecular formula is C40H86N2+2. The summed E-state index contributed by atoms with van der Waals surface area (Å²) in [6, 6.07) is 0. The van der Waals surface area contributed by atoms with Crippen LogP contribution in [0.15, 0.2) is 0 Å². The fourth-order valence-electron chi connectivity index (χ4n) is 6.77. The molecule has 0 spiro atoms. The smallest absolute Gasteiger partial charge is 0.0782 e. The summed E-state index contributed by atoms with van der Waals surface area (Å²) in [4.78, 5) is 0. The average molecular weight is 595 g/mol. The van der Waals surface area contributed by atoms with Gasteiger partial charge in [0.15, 0.2) is 0 Å². The van der Waals surface area contributed by atoms with Gasteiger partial charge in [0.2, 0.25) is 0 Å². The Morgan fingerprint density at radius 1 is 0.214 bits per heavy atom. The normalized spacial score (nSPS) is 12.4. The first-order valence-corrected chi connectivity index (χ1v) is 20.0. The molecule has 2 nitrogen and oxygen atoms in total. The van der Waals surface area contributed by atoms with Crippen molar-refractivity contribution >= 4 is 0 Å². The van der Waals surface area contributed by atoms with Crippen molar-refractivity contribution in [3.63, 3.8) is 0 Å². The van der Waals surface area contributed by atoms with E-state index >= 15 is 0 Å². The molecule has 0 aromatic rings. The summed E-state index contributed by atoms with van der Waals surface area (Å²) in [6.45, 7) is 10.1. The molecule has 0 rings (SSSR count). The highest BCUT2D eigenvalue weighted by Crippen LogP contribution is 2.16. The number of unbranched alkanes of at least 4 members (excludes halogenated alkanes) is 27. The zero-order valence-corrected chi connectivity index (χ0v) is 30.9. The third kappa shape index (κ3) is 32.8. The SMILES string of the molecule is CCCCCCCCCCCCCCCCCC[N+](C)(C)CCCCCC[N+](C)(C)CCCCCCCCCCCC. The lowest BCUT2D eigenvalue weighted by Crippen LogP contribution is -2.41. The van der Waals surface area contributed by atoms with Crippen molar-refractivity contribution in [3.05, 3.63) is 0 Å². The van der Waals surface area contributed by atoms with Crippen LogP contribution in [0.4, 0.5) is 0 Å². The van der Waals surface area contributed by atoms with E-state index < -0.39 is 0 Å². The van der Waals surface area contributed by atoms with Crippen molar-refractivity contribution < 1.29 is 8.97 Å². The first-order chi connectivity index (χ1) is 20.3. The number of nitrogens with zero attached hydrogens (tertiary/aromatic N) is 2. The van der Waals surface area contributed by atoms with Crippen molar-refractivity contribution in [2.24, 2.45) is 0 Å². The summed E-state index contributed by atoms with van der Waals surface area (Å²) in [5.41, 5.74) is 0. The Morgan fingerprint density at radius 2 is 0.357 bits per heavy atom. The van der Waals surface area contributed by atoms with E-state index in [0.717, 1.165) is 0 Å². The van der Waals surface area contributed by atoms with E-state index in [4.69, 9.17) is 0 Å². The molecule has 0 aromatic carbocycles. The fraction of sp³-hybridized carbons (Fsp3) is 1.00. The number of hydrogen-bond donors (Lipinski definition) is 0. The van der Waals surface area contributed by atoms with Gasteiger partial charge in [0, 0.05) is 0 Å². The minimum absolute atomic E-state index is 1.23. The Bertz CT molecular complexity index is 512. The van der Waals surface area contributed by atoms with Crippen LogP contribution in [0.1, 0.15) is 206 Å². The predicted molar refractivity (Wildman–Crippen MR) is 194 cm³/mol. The molecule has 0 heterocycles. The largest absolute Gasteiger partial charge is 0.328 e. The number of rotatable bonds is 35. The molecule has 0 aliphatic rings. The van der Waals surface area contributed by atoms with Crippen molar-refractivity contribution in [1.82, 2.24) is 0 Å². The van der Waals surface area contributed by atoms with Crippen LogP contribution in [-0.2, 0) is 0 Å². The van der Waals surface area contributed by atoms with E-state index in [0.29, 0.717) is 0 Å². The molecule has 0 unspecified atom stereocenters. The highest BCUT2D eigenvalue weighted by Gasteiger charge is 2.15. The second-order valence-electron chi connectivity index (χ2n) is 15.7. The van der Waals surface area contributed by atoms with Crippen molar-refractivity contribution in [2.75, 3.05) is 54.4 Å². The molecule has 0 radical (unpaired) electrons. The van der Waals surface area contributed by atoms with Gasteiger partial charge in [-0.15, -0.1) is 0 Å². The van der Waals surface area contributed by atoms with Crippen molar-refractivity contribution in [1.29, 1.82) is 0 Å². The Morgan fingerprint density at radius 3 is 0.524 bits per heavy atom. The van der Waals surface area contributed by atoms with E-state index in [1.54, 1.807) is 0 Å². The molecule has 254 valence electrons. The zero-order valence-electron chi connectivity index (χ0n) is 30.9. The van der Waals surface area contributed by atoms with E-state index in [-0.39, 0.29) is 0 Å². The van der Waals surface area contributed by atoms with Gasteiger partial charge in [0.25, 0.3) is 0 Å². The molecule has 0 atom stereocenters. The first kappa shape index (κ1) is 41.9. The van der Waals surface area contributed by atoms with Crippen LogP contribution in [0.25, 0.3) is 0 Å². The van der Waals surface area contributed by atoms with Gasteiger partial charge >= 0.3 is 0 Å². The van der Waals surface area contributed by atoms with Crippen LogP contribution >= 0.6 is 0 Å². The highest BCUT2D eigenvalue weighted by molar-refractivity contribution is 4.52. The maximum absolute atomic E-state index is 2.47. The minimum atomic E-state index is 1.23. The van der Waals surface area contributed by atoms with Crippen LogP contribution in [0.2, 0.25) is 0 Å². The number of quaternary nitrogens is 2. The van der Waals surface area contributed by atoms with Gasteiger partial charge in [-0.2, -0.15) is 0 Å². The second-order valence-corrected chi connectivity index (χ2v) is 15.7. The lowest BCUT2D eigenvalue weighted by atomic mass is 10.0. The van der Waals surface area contributed by atoms with Crippen LogP contribution < -0.4 is 0 Å². The first-order valence-electron chi connectivity index (χ1n) is 20.0. The highest BCUT2D eigenvalue weighted by atomic mass is 15.3. The molecular weight excluding hydrogens is 508 g/mol. The standard InChI is InChI=1S/C40H86N2/c1-7-9-11-13-15-17-19-20-21-22-23-24-26-28-30-34-38-42(5,6)40-36-32-31-35-39-41(3,4)37-33-29-27-25-18-16-14-12-10-8-2/h7-40H2,1-6H3/q+2. The van der Waals surface area contributed by atoms with Crippen molar-refractivity contribution in [3.8, 4) is 0 Å². The Labute approximate surface area is 269 Å². The summed E-state index contributed by atoms with van der Waals surface area (Å²) >= 11 is 0. The Hall–Kier alpha value is -0.0800. The molecule has 0 amide bonds. The lowest BCUT2D eigenvalue weighted by Gasteiger charge is -2.31. The monoisotopic (exact) mass is 595 g/mol. The second kappa shape index (κ2) is 30.9. The van der Waals surface area contributed by atoms with Gasteiger partial charge in [-0.1, -0.05) is 155 Å². The summed E-state index contributed by atoms with van der Waals surface area (Å²) in [6.07, 6.45) is 43.6. The quantitative estimate of drug-likeness (QED) is 0.0505. The fourth-order valence-corrected chi connectivity index (χ4v) is 6.77. The Balaban J connectivity index is 3.47. The molecule has 0 N–H and O–H groups in total. The van der Waals surface area contributed by atoms with Crippen LogP contribution in [0.3, 0.4) is 0 Å². The van der Waals surface area contributed by atoms with Crippen LogP contribution in [-0.4, -0.2) is 63.3 Å². The summed E-state index contributed by atoms with van der Waals surface area (Å²) in [7, 11) is 9.87. The molecule has 0 saturated carbocycles. The van der Waals surface area contributed by atoms with E-state index in [1.165, 1.54) is 228 Å². The van der Waals surface area contributed by atoms with E-state index in [9.17, 15) is 0 Å². The predicted octanol–water partition coefficient (Wildman–Crippen LogP) is 12.9. The Kier molecular flexibility index (Phi) is 30.9. The van der Waals surface area contributed by atoms with Gasteiger partial charge in [-0.3, -0.25) is 0 Å². The molecule has 42 heavy (non-hydrogen) atoms. The summed E-state index contributed by atoms with van der Waals surface area (Å²) < 4.78 is 2.47. The molecule has 0 bridgehead atoms. The summed E-state index contributed by atoms with van der Waals surface area (Å²) in [5.74, 6) is 0. The van der Waals surface area contributed by atoms with Gasteiger partial charge in [0.1, 0.15) is 0 Å². The van der Waals surface area contributed by atoms with Gasteiger partial charge in [-0.25, -0.2) is 0 Å². The molecule has 0 aromatic heterocycles. The van der Waals surface area contributed by atoms with Crippen LogP contribution in [0, 0.1) is 0 Å². The van der Waals surface area contributed by atoms with Gasteiger partial charge in [-0.05, 0) is 51.4 Å². The maximum atomic E-state index is 2.47. The summed E-state index contributed by atoms with van der Waals surface area (Å²) in [5, 5.41) is 0. The molecule has 0 fully saturated rings. The molecule has 2 heteroatoms. The van der Waals surface area contributed by atoms with Gasteiger partial charge < -0.3 is 8.97 Å². The molecule has 0 aliphatic carbocycles. The van der Waals surface area contributed by atoms with E-state index in [1.807, 2.05) is 0 Å². The molecule has 0 saturated heterocycles. The lowest BCUT2D eigenvalue weighted by molar-refractivity contribution is -0.891. The topological polar surface area (TPSA) is 0 Å². The van der Waals surface area contributed by atoms with Crippen LogP contribution in [0.5, 0.6) is 0 Å². The van der Waals surface area contributed by atoms with Gasteiger partial charge in [0.05, 0.1) is 54.4 Å².